The molecule has 0 bridgehead atoms. The Hall–Kier alpha value is -1.88. The first-order chi connectivity index (χ1) is 13.3. The van der Waals surface area contributed by atoms with Crippen LogP contribution in [0.15, 0.2) is 30.3 Å². The third-order valence-corrected chi connectivity index (χ3v) is 4.96. The Morgan fingerprint density at radius 2 is 1.79 bits per heavy atom. The Kier molecular flexibility index (Phi) is 8.97. The molecule has 1 aromatic rings. The number of hydrogen-bond donors (Lipinski definition) is 1. The van der Waals surface area contributed by atoms with Gasteiger partial charge < -0.3 is 14.8 Å². The molecule has 1 aromatic carbocycles. The summed E-state index contributed by atoms with van der Waals surface area (Å²) >= 11 is 0. The van der Waals surface area contributed by atoms with E-state index in [9.17, 15) is 9.59 Å². The van der Waals surface area contributed by atoms with Gasteiger partial charge in [-0.15, -0.1) is 0 Å². The number of benzene rings is 1. The van der Waals surface area contributed by atoms with Crippen LogP contribution in [-0.4, -0.2) is 30.1 Å². The van der Waals surface area contributed by atoms with Crippen LogP contribution >= 0.6 is 0 Å². The molecule has 1 fully saturated rings. The summed E-state index contributed by atoms with van der Waals surface area (Å²) in [5.41, 5.74) is 0.571. The van der Waals surface area contributed by atoms with Crippen molar-refractivity contribution < 1.29 is 19.1 Å². The molecule has 2 atom stereocenters. The highest BCUT2D eigenvalue weighted by Crippen LogP contribution is 2.25. The average Bonchev–Trinajstić information content (AvgIpc) is 3.11. The quantitative estimate of drug-likeness (QED) is 0.475. The second-order valence-electron chi connectivity index (χ2n) is 8.61. The van der Waals surface area contributed by atoms with Gasteiger partial charge in [0.15, 0.2) is 0 Å². The van der Waals surface area contributed by atoms with Crippen LogP contribution in [0.4, 0.5) is 0 Å². The van der Waals surface area contributed by atoms with Crippen LogP contribution < -0.4 is 5.32 Å². The minimum absolute atomic E-state index is 0.129. The van der Waals surface area contributed by atoms with Gasteiger partial charge in [0.05, 0.1) is 0 Å². The maximum absolute atomic E-state index is 12.3. The molecule has 1 saturated heterocycles. The van der Waals surface area contributed by atoms with Crippen molar-refractivity contribution in [2.75, 3.05) is 6.54 Å². The first-order valence-electron chi connectivity index (χ1n) is 10.5. The van der Waals surface area contributed by atoms with Crippen LogP contribution in [-0.2, 0) is 25.7 Å². The second kappa shape index (κ2) is 11.2. The second-order valence-corrected chi connectivity index (χ2v) is 8.61. The summed E-state index contributed by atoms with van der Waals surface area (Å²) in [6.45, 7) is 6.93. The predicted molar refractivity (Wildman–Crippen MR) is 110 cm³/mol. The van der Waals surface area contributed by atoms with Gasteiger partial charge in [0.2, 0.25) is 0 Å². The molecule has 1 aliphatic heterocycles. The highest BCUT2D eigenvalue weighted by atomic mass is 16.6. The Balaban J connectivity index is 1.54. The van der Waals surface area contributed by atoms with Gasteiger partial charge in [0.1, 0.15) is 18.2 Å². The van der Waals surface area contributed by atoms with Crippen LogP contribution in [0.5, 0.6) is 0 Å². The molecule has 0 amide bonds. The molecule has 0 aliphatic carbocycles. The fourth-order valence-electron chi connectivity index (χ4n) is 3.55. The number of hydrogen-bond acceptors (Lipinski definition) is 5. The summed E-state index contributed by atoms with van der Waals surface area (Å²) in [6, 6.07) is 9.56. The van der Waals surface area contributed by atoms with Gasteiger partial charge in [0, 0.05) is 6.42 Å². The molecule has 156 valence electrons. The van der Waals surface area contributed by atoms with E-state index in [1.54, 1.807) is 0 Å². The Morgan fingerprint density at radius 1 is 1.07 bits per heavy atom. The lowest BCUT2D eigenvalue weighted by Crippen LogP contribution is -2.40. The third kappa shape index (κ3) is 8.42. The molecule has 5 nitrogen and oxygen atoms in total. The van der Waals surface area contributed by atoms with E-state index < -0.39 is 5.60 Å². The van der Waals surface area contributed by atoms with E-state index in [4.69, 9.17) is 9.47 Å². The van der Waals surface area contributed by atoms with E-state index >= 15 is 0 Å². The van der Waals surface area contributed by atoms with Crippen molar-refractivity contribution in [3.63, 3.8) is 0 Å². The number of unbranched alkanes of at least 4 members (excludes halogenated alkanes) is 3. The smallest absolute Gasteiger partial charge is 0.323 e. The maximum Gasteiger partial charge on any atom is 0.323 e. The molecule has 28 heavy (non-hydrogen) atoms. The predicted octanol–water partition coefficient (Wildman–Crippen LogP) is 4.39. The molecule has 1 N–H and O–H groups in total. The van der Waals surface area contributed by atoms with Gasteiger partial charge in [-0.1, -0.05) is 49.6 Å². The summed E-state index contributed by atoms with van der Waals surface area (Å²) in [5.74, 6) is 0.0932. The molecule has 0 radical (unpaired) electrons. The SMILES string of the molecule is CC(C)(C)OC(=O)C1NCCC1CCCCCCC(=O)OCc1ccccc1. The normalized spacial score (nSPS) is 19.4. The largest absolute Gasteiger partial charge is 0.461 e. The van der Waals surface area contributed by atoms with Crippen molar-refractivity contribution in [3.05, 3.63) is 35.9 Å². The van der Waals surface area contributed by atoms with E-state index in [0.717, 1.165) is 50.6 Å². The molecule has 5 heteroatoms. The zero-order valence-electron chi connectivity index (χ0n) is 17.5. The van der Waals surface area contributed by atoms with Crippen LogP contribution in [0, 0.1) is 5.92 Å². The maximum atomic E-state index is 12.3. The molecular weight excluding hydrogens is 354 g/mol. The van der Waals surface area contributed by atoms with Gasteiger partial charge in [-0.05, 0) is 58.1 Å². The molecule has 0 spiro atoms. The lowest BCUT2D eigenvalue weighted by Gasteiger charge is -2.25. The number of esters is 2. The molecule has 1 aliphatic rings. The van der Waals surface area contributed by atoms with Crippen molar-refractivity contribution in [2.24, 2.45) is 5.92 Å². The Labute approximate surface area is 169 Å². The topological polar surface area (TPSA) is 64.6 Å². The van der Waals surface area contributed by atoms with Gasteiger partial charge in [-0.2, -0.15) is 0 Å². The van der Waals surface area contributed by atoms with Crippen LogP contribution in [0.1, 0.15) is 71.3 Å². The lowest BCUT2D eigenvalue weighted by atomic mass is 9.93. The van der Waals surface area contributed by atoms with Crippen molar-refractivity contribution in [3.8, 4) is 0 Å². The molecule has 0 saturated carbocycles. The lowest BCUT2D eigenvalue weighted by molar-refractivity contribution is -0.158. The van der Waals surface area contributed by atoms with E-state index in [-0.39, 0.29) is 18.0 Å². The molecule has 1 heterocycles. The highest BCUT2D eigenvalue weighted by Gasteiger charge is 2.35. The summed E-state index contributed by atoms with van der Waals surface area (Å²) in [7, 11) is 0. The highest BCUT2D eigenvalue weighted by molar-refractivity contribution is 5.77. The molecule has 0 aromatic heterocycles. The van der Waals surface area contributed by atoms with Crippen LogP contribution in [0.3, 0.4) is 0 Å². The number of ether oxygens (including phenoxy) is 2. The number of carbonyl (C=O) groups is 2. The monoisotopic (exact) mass is 389 g/mol. The van der Waals surface area contributed by atoms with Gasteiger partial charge in [0.25, 0.3) is 0 Å². The Morgan fingerprint density at radius 3 is 2.50 bits per heavy atom. The standard InChI is InChI=1S/C23H35NO4/c1-23(2,3)28-22(26)21-19(15-16-24-21)13-9-4-5-10-14-20(25)27-17-18-11-7-6-8-12-18/h6-8,11-12,19,21,24H,4-5,9-10,13-17H2,1-3H3. The van der Waals surface area contributed by atoms with E-state index in [1.807, 2.05) is 51.1 Å². The number of carbonyl (C=O) groups excluding carboxylic acids is 2. The molecule has 2 unspecified atom stereocenters. The number of nitrogens with one attached hydrogen (secondary N) is 1. The van der Waals surface area contributed by atoms with Crippen molar-refractivity contribution >= 4 is 11.9 Å². The van der Waals surface area contributed by atoms with Gasteiger partial charge in [-0.25, -0.2) is 0 Å². The van der Waals surface area contributed by atoms with Crippen LogP contribution in [0.2, 0.25) is 0 Å². The first-order valence-corrected chi connectivity index (χ1v) is 10.5. The van der Waals surface area contributed by atoms with E-state index in [1.165, 1.54) is 0 Å². The van der Waals surface area contributed by atoms with Gasteiger partial charge >= 0.3 is 11.9 Å². The average molecular weight is 390 g/mol. The molecular formula is C23H35NO4. The fraction of sp³-hybridized carbons (Fsp3) is 0.652. The third-order valence-electron chi connectivity index (χ3n) is 4.96. The summed E-state index contributed by atoms with van der Waals surface area (Å²) in [6.07, 6.45) is 6.53. The summed E-state index contributed by atoms with van der Waals surface area (Å²) in [4.78, 5) is 24.1. The van der Waals surface area contributed by atoms with Crippen molar-refractivity contribution in [1.29, 1.82) is 0 Å². The Bertz CT molecular complexity index is 609. The van der Waals surface area contributed by atoms with Crippen LogP contribution in [0.25, 0.3) is 0 Å². The van der Waals surface area contributed by atoms with Gasteiger partial charge in [-0.3, -0.25) is 9.59 Å². The zero-order chi connectivity index (χ0) is 20.4. The van der Waals surface area contributed by atoms with Crippen molar-refractivity contribution in [1.82, 2.24) is 5.32 Å². The minimum atomic E-state index is -0.443. The zero-order valence-corrected chi connectivity index (χ0v) is 17.5. The minimum Gasteiger partial charge on any atom is -0.461 e. The molecule has 2 rings (SSSR count). The van der Waals surface area contributed by atoms with E-state index in [2.05, 4.69) is 5.32 Å². The van der Waals surface area contributed by atoms with Crippen molar-refractivity contribution in [2.45, 2.75) is 84.0 Å². The fourth-order valence-corrected chi connectivity index (χ4v) is 3.55. The number of rotatable bonds is 10. The van der Waals surface area contributed by atoms with E-state index in [0.29, 0.717) is 18.9 Å². The summed E-state index contributed by atoms with van der Waals surface area (Å²) < 4.78 is 10.8. The summed E-state index contributed by atoms with van der Waals surface area (Å²) in [5, 5.41) is 3.29. The first kappa shape index (κ1) is 22.4.